The van der Waals surface area contributed by atoms with Crippen LogP contribution in [0.5, 0.6) is 0 Å². The molecule has 4 heteroatoms. The molecule has 0 aromatic heterocycles. The molecule has 0 aliphatic carbocycles. The van der Waals surface area contributed by atoms with Crippen molar-refractivity contribution >= 4 is 5.97 Å². The second-order valence-corrected chi connectivity index (χ2v) is 5.71. The van der Waals surface area contributed by atoms with E-state index in [1.165, 1.54) is 46.0 Å². The standard InChI is InChI=1S/C15H30N2O2/c1-4-16-15(2,14(18)19-3)10-6-9-13-17-11-7-5-8-12-17/h16H,4-13H2,1-3H3. The first kappa shape index (κ1) is 16.4. The van der Waals surface area contributed by atoms with Crippen LogP contribution in [-0.2, 0) is 9.53 Å². The number of hydrogen-bond donors (Lipinski definition) is 1. The molecule has 1 aliphatic rings. The Morgan fingerprint density at radius 1 is 1.26 bits per heavy atom. The maximum Gasteiger partial charge on any atom is 0.325 e. The van der Waals surface area contributed by atoms with Crippen molar-refractivity contribution in [1.29, 1.82) is 0 Å². The van der Waals surface area contributed by atoms with Crippen LogP contribution < -0.4 is 5.32 Å². The largest absolute Gasteiger partial charge is 0.468 e. The van der Waals surface area contributed by atoms with E-state index in [-0.39, 0.29) is 5.97 Å². The Hall–Kier alpha value is -0.610. The van der Waals surface area contributed by atoms with Gasteiger partial charge in [-0.1, -0.05) is 13.3 Å². The second kappa shape index (κ2) is 8.54. The summed E-state index contributed by atoms with van der Waals surface area (Å²) in [4.78, 5) is 14.4. The number of nitrogens with one attached hydrogen (secondary N) is 1. The van der Waals surface area contributed by atoms with E-state index in [9.17, 15) is 4.79 Å². The van der Waals surface area contributed by atoms with Gasteiger partial charge in [0.2, 0.25) is 0 Å². The average molecular weight is 270 g/mol. The number of methoxy groups -OCH3 is 1. The van der Waals surface area contributed by atoms with Gasteiger partial charge in [-0.05, 0) is 65.2 Å². The van der Waals surface area contributed by atoms with Crippen molar-refractivity contribution in [1.82, 2.24) is 10.2 Å². The number of carbonyl (C=O) groups excluding carboxylic acids is 1. The average Bonchev–Trinajstić information content (AvgIpc) is 2.44. The van der Waals surface area contributed by atoms with Crippen LogP contribution in [-0.4, -0.2) is 49.7 Å². The van der Waals surface area contributed by atoms with Crippen molar-refractivity contribution < 1.29 is 9.53 Å². The monoisotopic (exact) mass is 270 g/mol. The number of unbranched alkanes of at least 4 members (excludes halogenated alkanes) is 1. The predicted molar refractivity (Wildman–Crippen MR) is 78.2 cm³/mol. The van der Waals surface area contributed by atoms with Gasteiger partial charge in [-0.15, -0.1) is 0 Å². The zero-order valence-corrected chi connectivity index (χ0v) is 12.8. The smallest absolute Gasteiger partial charge is 0.325 e. The van der Waals surface area contributed by atoms with Gasteiger partial charge in [0, 0.05) is 0 Å². The molecule has 0 spiro atoms. The molecule has 1 heterocycles. The maximum atomic E-state index is 11.8. The molecule has 0 aromatic carbocycles. The van der Waals surface area contributed by atoms with Crippen LogP contribution in [0.3, 0.4) is 0 Å². The van der Waals surface area contributed by atoms with Crippen LogP contribution in [0.15, 0.2) is 0 Å². The first-order valence-corrected chi connectivity index (χ1v) is 7.68. The quantitative estimate of drug-likeness (QED) is 0.542. The minimum absolute atomic E-state index is 0.146. The third-order valence-corrected chi connectivity index (χ3v) is 4.05. The SMILES string of the molecule is CCNC(C)(CCCCN1CCCCC1)C(=O)OC. The summed E-state index contributed by atoms with van der Waals surface area (Å²) in [6, 6.07) is 0. The molecule has 0 bridgehead atoms. The van der Waals surface area contributed by atoms with Crippen LogP contribution in [0, 0.1) is 0 Å². The van der Waals surface area contributed by atoms with Crippen LogP contribution >= 0.6 is 0 Å². The molecule has 0 amide bonds. The second-order valence-electron chi connectivity index (χ2n) is 5.71. The molecule has 1 atom stereocenters. The maximum absolute atomic E-state index is 11.8. The molecule has 0 aromatic rings. The van der Waals surface area contributed by atoms with Crippen molar-refractivity contribution in [2.24, 2.45) is 0 Å². The van der Waals surface area contributed by atoms with E-state index in [2.05, 4.69) is 10.2 Å². The third-order valence-electron chi connectivity index (χ3n) is 4.05. The highest BCUT2D eigenvalue weighted by Gasteiger charge is 2.32. The van der Waals surface area contributed by atoms with Gasteiger partial charge in [0.25, 0.3) is 0 Å². The van der Waals surface area contributed by atoms with Gasteiger partial charge < -0.3 is 15.0 Å². The summed E-state index contributed by atoms with van der Waals surface area (Å²) < 4.78 is 4.90. The third kappa shape index (κ3) is 5.49. The highest BCUT2D eigenvalue weighted by Crippen LogP contribution is 2.17. The van der Waals surface area contributed by atoms with E-state index in [0.717, 1.165) is 25.8 Å². The normalized spacial score (nSPS) is 19.9. The highest BCUT2D eigenvalue weighted by atomic mass is 16.5. The number of hydrogen-bond acceptors (Lipinski definition) is 4. The number of rotatable bonds is 8. The fourth-order valence-corrected chi connectivity index (χ4v) is 2.88. The Morgan fingerprint density at radius 2 is 1.95 bits per heavy atom. The predicted octanol–water partition coefficient (Wildman–Crippen LogP) is 2.18. The van der Waals surface area contributed by atoms with E-state index < -0.39 is 5.54 Å². The first-order valence-electron chi connectivity index (χ1n) is 7.68. The Morgan fingerprint density at radius 3 is 2.53 bits per heavy atom. The zero-order chi connectivity index (χ0) is 14.1. The summed E-state index contributed by atoms with van der Waals surface area (Å²) in [5.41, 5.74) is -0.522. The van der Waals surface area contributed by atoms with Crippen molar-refractivity contribution in [3.05, 3.63) is 0 Å². The lowest BCUT2D eigenvalue weighted by atomic mass is 9.94. The first-order chi connectivity index (χ1) is 9.12. The summed E-state index contributed by atoms with van der Waals surface area (Å²) in [5.74, 6) is -0.146. The van der Waals surface area contributed by atoms with Crippen LogP contribution in [0.25, 0.3) is 0 Å². The molecule has 19 heavy (non-hydrogen) atoms. The Bertz CT molecular complexity index is 265. The van der Waals surface area contributed by atoms with Crippen LogP contribution in [0.4, 0.5) is 0 Å². The van der Waals surface area contributed by atoms with Gasteiger partial charge >= 0.3 is 5.97 Å². The van der Waals surface area contributed by atoms with E-state index in [1.54, 1.807) is 0 Å². The zero-order valence-electron chi connectivity index (χ0n) is 12.8. The summed E-state index contributed by atoms with van der Waals surface area (Å²) in [6.07, 6.45) is 7.15. The van der Waals surface area contributed by atoms with E-state index >= 15 is 0 Å². The van der Waals surface area contributed by atoms with Crippen molar-refractivity contribution in [3.63, 3.8) is 0 Å². The van der Waals surface area contributed by atoms with Crippen molar-refractivity contribution in [3.8, 4) is 0 Å². The molecule has 1 rings (SSSR count). The number of esters is 1. The van der Waals surface area contributed by atoms with E-state index in [0.29, 0.717) is 0 Å². The fourth-order valence-electron chi connectivity index (χ4n) is 2.88. The summed E-state index contributed by atoms with van der Waals surface area (Å²) in [6.45, 7) is 8.43. The molecule has 1 saturated heterocycles. The molecule has 1 unspecified atom stereocenters. The molecule has 0 radical (unpaired) electrons. The van der Waals surface area contributed by atoms with Crippen molar-refractivity contribution in [2.45, 2.75) is 57.9 Å². The lowest BCUT2D eigenvalue weighted by Crippen LogP contribution is -2.50. The topological polar surface area (TPSA) is 41.6 Å². The van der Waals surface area contributed by atoms with E-state index in [1.807, 2.05) is 13.8 Å². The summed E-state index contributed by atoms with van der Waals surface area (Å²) in [5, 5.41) is 3.26. The van der Waals surface area contributed by atoms with Gasteiger partial charge in [-0.3, -0.25) is 4.79 Å². The molecule has 112 valence electrons. The number of carbonyl (C=O) groups is 1. The van der Waals surface area contributed by atoms with Crippen molar-refractivity contribution in [2.75, 3.05) is 33.3 Å². The Balaban J connectivity index is 2.25. The van der Waals surface area contributed by atoms with Gasteiger partial charge in [0.1, 0.15) is 5.54 Å². The minimum atomic E-state index is -0.522. The Kier molecular flexibility index (Phi) is 7.39. The number of likely N-dealkylation sites (N-methyl/N-ethyl adjacent to an activating group) is 1. The van der Waals surface area contributed by atoms with Gasteiger partial charge in [-0.25, -0.2) is 0 Å². The summed E-state index contributed by atoms with van der Waals surface area (Å²) in [7, 11) is 1.46. The fraction of sp³-hybridized carbons (Fsp3) is 0.933. The molecule has 0 saturated carbocycles. The van der Waals surface area contributed by atoms with Crippen LogP contribution in [0.2, 0.25) is 0 Å². The van der Waals surface area contributed by atoms with Gasteiger partial charge in [0.05, 0.1) is 7.11 Å². The van der Waals surface area contributed by atoms with Gasteiger partial charge in [-0.2, -0.15) is 0 Å². The molecular weight excluding hydrogens is 240 g/mol. The molecule has 4 nitrogen and oxygen atoms in total. The lowest BCUT2D eigenvalue weighted by molar-refractivity contribution is -0.148. The molecule has 1 aliphatic heterocycles. The summed E-state index contributed by atoms with van der Waals surface area (Å²) >= 11 is 0. The van der Waals surface area contributed by atoms with Crippen LogP contribution in [0.1, 0.15) is 52.4 Å². The highest BCUT2D eigenvalue weighted by molar-refractivity contribution is 5.80. The lowest BCUT2D eigenvalue weighted by Gasteiger charge is -2.29. The van der Waals surface area contributed by atoms with E-state index in [4.69, 9.17) is 4.74 Å². The van der Waals surface area contributed by atoms with Gasteiger partial charge in [0.15, 0.2) is 0 Å². The molecular formula is C15H30N2O2. The Labute approximate surface area is 117 Å². The number of likely N-dealkylation sites (tertiary alicyclic amines) is 1. The molecule has 1 N–H and O–H groups in total. The number of nitrogens with zero attached hydrogens (tertiary/aromatic N) is 1. The number of piperidine rings is 1. The number of ether oxygens (including phenoxy) is 1. The minimum Gasteiger partial charge on any atom is -0.468 e. The molecule has 1 fully saturated rings.